The average molecular weight is 580 g/mol. The zero-order valence-electron chi connectivity index (χ0n) is 21.4. The molecule has 2 amide bonds. The summed E-state index contributed by atoms with van der Waals surface area (Å²) < 4.78 is 79.5. The van der Waals surface area contributed by atoms with Gasteiger partial charge in [-0.15, -0.1) is 0 Å². The second kappa shape index (κ2) is 12.8. The Morgan fingerprint density at radius 2 is 1.66 bits per heavy atom. The van der Waals surface area contributed by atoms with Gasteiger partial charge in [-0.2, -0.15) is 13.2 Å². The van der Waals surface area contributed by atoms with Crippen LogP contribution in [0, 0.1) is 5.82 Å². The van der Waals surface area contributed by atoms with Crippen LogP contribution in [0.5, 0.6) is 0 Å². The number of sulfonamides is 1. The normalized spacial score (nSPS) is 13.5. The molecule has 210 valence electrons. The first kappa shape index (κ1) is 31.4. The van der Waals surface area contributed by atoms with Crippen LogP contribution in [-0.2, 0) is 32.3 Å². The van der Waals surface area contributed by atoms with Crippen molar-refractivity contribution >= 4 is 39.1 Å². The van der Waals surface area contributed by atoms with Crippen LogP contribution in [0.25, 0.3) is 0 Å². The van der Waals surface area contributed by atoms with E-state index in [1.54, 1.807) is 13.8 Å². The molecule has 38 heavy (non-hydrogen) atoms. The molecule has 0 saturated carbocycles. The number of nitrogens with zero attached hydrogens (tertiary/aromatic N) is 2. The number of benzene rings is 2. The fourth-order valence-electron chi connectivity index (χ4n) is 3.65. The Labute approximate surface area is 224 Å². The van der Waals surface area contributed by atoms with Crippen LogP contribution >= 0.6 is 11.6 Å². The van der Waals surface area contributed by atoms with Crippen molar-refractivity contribution in [3.05, 3.63) is 64.4 Å². The van der Waals surface area contributed by atoms with Gasteiger partial charge in [0.05, 0.1) is 22.5 Å². The van der Waals surface area contributed by atoms with Gasteiger partial charge in [-0.05, 0) is 55.7 Å². The molecular weight excluding hydrogens is 550 g/mol. The highest BCUT2D eigenvalue weighted by Gasteiger charge is 2.36. The summed E-state index contributed by atoms with van der Waals surface area (Å²) in [6.07, 6.45) is -3.34. The zero-order valence-corrected chi connectivity index (χ0v) is 22.9. The number of alkyl halides is 3. The predicted molar refractivity (Wildman–Crippen MR) is 138 cm³/mol. The summed E-state index contributed by atoms with van der Waals surface area (Å²) in [4.78, 5) is 27.8. The van der Waals surface area contributed by atoms with Crippen LogP contribution in [0.4, 0.5) is 23.2 Å². The van der Waals surface area contributed by atoms with Crippen LogP contribution in [-0.4, -0.2) is 50.0 Å². The fraction of sp³-hybridized carbons (Fsp3) is 0.440. The number of carbonyl (C=O) groups is 2. The minimum absolute atomic E-state index is 0.160. The van der Waals surface area contributed by atoms with Gasteiger partial charge < -0.3 is 10.2 Å². The van der Waals surface area contributed by atoms with Crippen molar-refractivity contribution in [3.63, 3.8) is 0 Å². The smallest absolute Gasteiger partial charge is 0.352 e. The monoisotopic (exact) mass is 579 g/mol. The van der Waals surface area contributed by atoms with E-state index in [1.807, 2.05) is 6.92 Å². The highest BCUT2D eigenvalue weighted by Crippen LogP contribution is 2.37. The minimum atomic E-state index is -4.86. The molecule has 0 fully saturated rings. The number of hydrogen-bond acceptors (Lipinski definition) is 4. The molecule has 2 atom stereocenters. The summed E-state index contributed by atoms with van der Waals surface area (Å²) in [5.74, 6) is -1.83. The number of carbonyl (C=O) groups excluding carboxylic acids is 2. The van der Waals surface area contributed by atoms with Gasteiger partial charge in [-0.3, -0.25) is 13.9 Å². The van der Waals surface area contributed by atoms with Gasteiger partial charge in [-0.1, -0.05) is 37.6 Å². The van der Waals surface area contributed by atoms with Crippen molar-refractivity contribution in [2.75, 3.05) is 17.1 Å². The van der Waals surface area contributed by atoms with Crippen molar-refractivity contribution in [3.8, 4) is 0 Å². The van der Waals surface area contributed by atoms with Crippen molar-refractivity contribution in [2.45, 2.75) is 58.4 Å². The summed E-state index contributed by atoms with van der Waals surface area (Å²) in [6.45, 7) is 4.25. The summed E-state index contributed by atoms with van der Waals surface area (Å²) in [5, 5.41) is 2.16. The molecule has 2 aromatic rings. The van der Waals surface area contributed by atoms with Crippen LogP contribution in [0.1, 0.15) is 44.7 Å². The molecule has 0 heterocycles. The Kier molecular flexibility index (Phi) is 10.6. The molecule has 7 nitrogen and oxygen atoms in total. The SMILES string of the molecule is CCC(C)NC(=O)C(CC)N(Cc1ccc(F)cc1)C(=O)CN(c1ccc(Cl)c(C(F)(F)F)c1)S(C)(=O)=O. The topological polar surface area (TPSA) is 86.8 Å². The van der Waals surface area contributed by atoms with E-state index in [2.05, 4.69) is 5.32 Å². The van der Waals surface area contributed by atoms with E-state index in [0.717, 1.165) is 23.3 Å². The third-order valence-corrected chi connectivity index (χ3v) is 7.35. The first-order valence-corrected chi connectivity index (χ1v) is 14.0. The van der Waals surface area contributed by atoms with Gasteiger partial charge in [0.2, 0.25) is 21.8 Å². The largest absolute Gasteiger partial charge is 0.417 e. The molecule has 0 spiro atoms. The lowest BCUT2D eigenvalue weighted by molar-refractivity contribution is -0.140. The van der Waals surface area contributed by atoms with Crippen molar-refractivity contribution in [1.82, 2.24) is 10.2 Å². The van der Waals surface area contributed by atoms with E-state index in [1.165, 1.54) is 24.3 Å². The molecule has 2 unspecified atom stereocenters. The molecule has 0 bridgehead atoms. The predicted octanol–water partition coefficient (Wildman–Crippen LogP) is 4.99. The van der Waals surface area contributed by atoms with E-state index in [9.17, 15) is 35.6 Å². The first-order chi connectivity index (χ1) is 17.6. The van der Waals surface area contributed by atoms with Gasteiger partial charge >= 0.3 is 6.18 Å². The van der Waals surface area contributed by atoms with Gasteiger partial charge in [0.25, 0.3) is 0 Å². The fourth-order valence-corrected chi connectivity index (χ4v) is 4.71. The molecule has 0 radical (unpaired) electrons. The average Bonchev–Trinajstić information content (AvgIpc) is 2.82. The van der Waals surface area contributed by atoms with Crippen molar-refractivity contribution in [1.29, 1.82) is 0 Å². The molecular formula is C25H30ClF4N3O4S. The molecule has 2 aromatic carbocycles. The highest BCUT2D eigenvalue weighted by atomic mass is 35.5. The third-order valence-electron chi connectivity index (χ3n) is 5.88. The van der Waals surface area contributed by atoms with E-state index >= 15 is 0 Å². The van der Waals surface area contributed by atoms with Crippen LogP contribution in [0.15, 0.2) is 42.5 Å². The van der Waals surface area contributed by atoms with Gasteiger partial charge in [0, 0.05) is 12.6 Å². The van der Waals surface area contributed by atoms with Gasteiger partial charge in [0.1, 0.15) is 18.4 Å². The maximum absolute atomic E-state index is 13.6. The highest BCUT2D eigenvalue weighted by molar-refractivity contribution is 7.92. The van der Waals surface area contributed by atoms with Crippen LogP contribution in [0.2, 0.25) is 5.02 Å². The Hall–Kier alpha value is -2.86. The quantitative estimate of drug-likeness (QED) is 0.380. The summed E-state index contributed by atoms with van der Waals surface area (Å²) >= 11 is 5.67. The van der Waals surface area contributed by atoms with Gasteiger partial charge in [-0.25, -0.2) is 12.8 Å². The molecule has 2 rings (SSSR count). The molecule has 1 N–H and O–H groups in total. The molecule has 13 heteroatoms. The number of amides is 2. The molecule has 0 aliphatic heterocycles. The number of hydrogen-bond donors (Lipinski definition) is 1. The van der Waals surface area contributed by atoms with Crippen molar-refractivity contribution < 1.29 is 35.6 Å². The second-order valence-corrected chi connectivity index (χ2v) is 11.1. The molecule has 0 aromatic heterocycles. The number of anilines is 1. The molecule has 0 aliphatic carbocycles. The Morgan fingerprint density at radius 1 is 1.05 bits per heavy atom. The van der Waals surface area contributed by atoms with E-state index < -0.39 is 62.7 Å². The summed E-state index contributed by atoms with van der Waals surface area (Å²) in [7, 11) is -4.25. The lowest BCUT2D eigenvalue weighted by atomic mass is 10.1. The Balaban J connectivity index is 2.52. The summed E-state index contributed by atoms with van der Waals surface area (Å²) in [6, 6.07) is 6.45. The number of halogens is 5. The first-order valence-electron chi connectivity index (χ1n) is 11.8. The van der Waals surface area contributed by atoms with Crippen molar-refractivity contribution in [2.24, 2.45) is 0 Å². The van der Waals surface area contributed by atoms with Crippen LogP contribution < -0.4 is 9.62 Å². The third kappa shape index (κ3) is 8.32. The number of nitrogens with one attached hydrogen (secondary N) is 1. The zero-order chi connectivity index (χ0) is 28.8. The Morgan fingerprint density at radius 3 is 2.16 bits per heavy atom. The second-order valence-electron chi connectivity index (χ2n) is 8.82. The maximum atomic E-state index is 13.6. The van der Waals surface area contributed by atoms with E-state index in [-0.39, 0.29) is 19.0 Å². The lowest BCUT2D eigenvalue weighted by Gasteiger charge is -2.33. The minimum Gasteiger partial charge on any atom is -0.352 e. The van der Waals surface area contributed by atoms with E-state index in [4.69, 9.17) is 11.6 Å². The maximum Gasteiger partial charge on any atom is 0.417 e. The molecule has 0 saturated heterocycles. The van der Waals surface area contributed by atoms with E-state index in [0.29, 0.717) is 22.4 Å². The number of rotatable bonds is 11. The standard InChI is InChI=1S/C25H30ClF4N3O4S/c1-5-16(3)31-24(35)22(6-2)32(14-17-7-9-18(27)10-8-17)23(34)15-33(38(4,36)37)19-11-12-21(26)20(13-19)25(28,29)30/h7-13,16,22H,5-6,14-15H2,1-4H3,(H,31,35). The van der Waals surface area contributed by atoms with Gasteiger partial charge in [0.15, 0.2) is 0 Å². The van der Waals surface area contributed by atoms with Crippen LogP contribution in [0.3, 0.4) is 0 Å². The summed E-state index contributed by atoms with van der Waals surface area (Å²) in [5.41, 5.74) is -1.22. The lowest BCUT2D eigenvalue weighted by Crippen LogP contribution is -2.53. The molecule has 0 aliphatic rings. The Bertz CT molecular complexity index is 1240.